The molecule has 11 heteroatoms. The molecule has 3 rings (SSSR count). The summed E-state index contributed by atoms with van der Waals surface area (Å²) >= 11 is 0. The minimum Gasteiger partial charge on any atom is -0.493 e. The lowest BCUT2D eigenvalue weighted by Crippen LogP contribution is -2.37. The highest BCUT2D eigenvalue weighted by Gasteiger charge is 2.31. The molecule has 0 spiro atoms. The van der Waals surface area contributed by atoms with Crippen molar-refractivity contribution in [2.75, 3.05) is 13.7 Å². The number of aryl methyl sites for hydroxylation is 1. The van der Waals surface area contributed by atoms with Crippen molar-refractivity contribution in [3.8, 4) is 23.1 Å². The molecule has 8 nitrogen and oxygen atoms in total. The van der Waals surface area contributed by atoms with E-state index >= 15 is 0 Å². The van der Waals surface area contributed by atoms with Gasteiger partial charge in [0.15, 0.2) is 22.9 Å². The van der Waals surface area contributed by atoms with E-state index in [1.165, 1.54) is 31.7 Å². The lowest BCUT2D eigenvalue weighted by molar-refractivity contribution is -0.152. The number of carbonyl (C=O) groups is 1. The Morgan fingerprint density at radius 1 is 1.14 bits per heavy atom. The lowest BCUT2D eigenvalue weighted by Gasteiger charge is -2.22. The number of carboxylic acid groups (broad SMARTS) is 1. The Morgan fingerprint density at radius 2 is 1.86 bits per heavy atom. The van der Waals surface area contributed by atoms with E-state index in [0.717, 1.165) is 23.5 Å². The van der Waals surface area contributed by atoms with Gasteiger partial charge in [0.2, 0.25) is 0 Å². The number of benzene rings is 1. The Kier molecular flexibility index (Phi) is 8.35. The largest absolute Gasteiger partial charge is 0.493 e. The van der Waals surface area contributed by atoms with Crippen molar-refractivity contribution in [1.82, 2.24) is 14.8 Å². The third-order valence-corrected chi connectivity index (χ3v) is 5.55. The van der Waals surface area contributed by atoms with Crippen LogP contribution in [0.25, 0.3) is 5.82 Å². The summed E-state index contributed by atoms with van der Waals surface area (Å²) in [6.07, 6.45) is -0.666. The zero-order chi connectivity index (χ0) is 27.4. The van der Waals surface area contributed by atoms with Crippen LogP contribution in [0.5, 0.6) is 17.2 Å². The number of alkyl halides is 3. The molecule has 0 aliphatic heterocycles. The predicted octanol–water partition coefficient (Wildman–Crippen LogP) is 5.67. The van der Waals surface area contributed by atoms with Crippen molar-refractivity contribution in [2.45, 2.75) is 58.2 Å². The maximum atomic E-state index is 12.9. The number of methoxy groups -OCH3 is 1. The summed E-state index contributed by atoms with van der Waals surface area (Å²) in [7, 11) is 1.50. The molecule has 37 heavy (non-hydrogen) atoms. The van der Waals surface area contributed by atoms with Crippen LogP contribution in [-0.4, -0.2) is 45.2 Å². The Hall–Kier alpha value is -3.76. The van der Waals surface area contributed by atoms with Crippen LogP contribution >= 0.6 is 0 Å². The molecule has 0 bridgehead atoms. The first-order valence-corrected chi connectivity index (χ1v) is 11.7. The number of pyridine rings is 1. The van der Waals surface area contributed by atoms with Gasteiger partial charge in [0, 0.05) is 18.5 Å². The minimum atomic E-state index is -4.45. The monoisotopic (exact) mass is 521 g/mol. The number of carboxylic acids is 1. The topological polar surface area (TPSA) is 95.7 Å². The molecule has 0 atom stereocenters. The molecule has 1 N–H and O–H groups in total. The average Bonchev–Trinajstić information content (AvgIpc) is 3.26. The normalized spacial score (nSPS) is 12.0. The molecule has 0 fully saturated rings. The number of ether oxygens (including phenoxy) is 3. The third kappa shape index (κ3) is 6.93. The van der Waals surface area contributed by atoms with Crippen molar-refractivity contribution < 1.29 is 37.3 Å². The fourth-order valence-electron chi connectivity index (χ4n) is 3.52. The smallest absolute Gasteiger partial charge is 0.417 e. The quantitative estimate of drug-likeness (QED) is 0.325. The van der Waals surface area contributed by atoms with E-state index in [1.54, 1.807) is 24.4 Å². The van der Waals surface area contributed by atoms with E-state index in [9.17, 15) is 23.1 Å². The van der Waals surface area contributed by atoms with Gasteiger partial charge >= 0.3 is 12.1 Å². The van der Waals surface area contributed by atoms with Crippen LogP contribution in [0.4, 0.5) is 13.2 Å². The summed E-state index contributed by atoms with van der Waals surface area (Å²) in [5.74, 6) is 0.509. The second kappa shape index (κ2) is 11.1. The van der Waals surface area contributed by atoms with Crippen molar-refractivity contribution in [3.63, 3.8) is 0 Å². The number of nitrogens with zero attached hydrogens (tertiary/aromatic N) is 3. The van der Waals surface area contributed by atoms with Crippen molar-refractivity contribution in [2.24, 2.45) is 0 Å². The number of aromatic nitrogens is 3. The second-order valence-electron chi connectivity index (χ2n) is 9.22. The highest BCUT2D eigenvalue weighted by Crippen LogP contribution is 2.33. The Morgan fingerprint density at radius 3 is 2.43 bits per heavy atom. The molecule has 0 aliphatic carbocycles. The first kappa shape index (κ1) is 27.8. The van der Waals surface area contributed by atoms with Crippen LogP contribution < -0.4 is 14.2 Å². The zero-order valence-electron chi connectivity index (χ0n) is 21.3. The molecule has 200 valence electrons. The molecule has 0 amide bonds. The maximum Gasteiger partial charge on any atom is 0.417 e. The third-order valence-electron chi connectivity index (χ3n) is 5.55. The van der Waals surface area contributed by atoms with E-state index in [-0.39, 0.29) is 5.92 Å². The van der Waals surface area contributed by atoms with E-state index in [1.807, 2.05) is 13.8 Å². The molecular formula is C26H30F3N3O5. The van der Waals surface area contributed by atoms with E-state index in [0.29, 0.717) is 42.5 Å². The maximum absolute atomic E-state index is 12.9. The number of hydrogen-bond acceptors (Lipinski definition) is 6. The van der Waals surface area contributed by atoms with Gasteiger partial charge in [-0.1, -0.05) is 13.8 Å². The van der Waals surface area contributed by atoms with Gasteiger partial charge in [0.05, 0.1) is 25.0 Å². The fourth-order valence-corrected chi connectivity index (χ4v) is 3.52. The summed E-state index contributed by atoms with van der Waals surface area (Å²) in [5, 5.41) is 13.8. The molecule has 0 radical (unpaired) electrons. The van der Waals surface area contributed by atoms with E-state index < -0.39 is 23.3 Å². The number of aliphatic carboxylic acids is 1. The fraction of sp³-hybridized carbons (Fsp3) is 0.423. The molecule has 2 aromatic heterocycles. The lowest BCUT2D eigenvalue weighted by atomic mass is 10.0. The van der Waals surface area contributed by atoms with Crippen LogP contribution in [0.2, 0.25) is 0 Å². The van der Waals surface area contributed by atoms with Gasteiger partial charge in [-0.15, -0.1) is 0 Å². The summed E-state index contributed by atoms with van der Waals surface area (Å²) < 4.78 is 56.9. The molecule has 2 heterocycles. The molecule has 0 unspecified atom stereocenters. The first-order valence-electron chi connectivity index (χ1n) is 11.7. The van der Waals surface area contributed by atoms with Crippen molar-refractivity contribution >= 4 is 5.97 Å². The molecular weight excluding hydrogens is 491 g/mol. The summed E-state index contributed by atoms with van der Waals surface area (Å²) in [4.78, 5) is 15.3. The van der Waals surface area contributed by atoms with Gasteiger partial charge in [-0.2, -0.15) is 18.3 Å². The van der Waals surface area contributed by atoms with Crippen LogP contribution in [0.15, 0.2) is 42.7 Å². The van der Waals surface area contributed by atoms with E-state index in [4.69, 9.17) is 14.2 Å². The van der Waals surface area contributed by atoms with Crippen LogP contribution in [0.1, 0.15) is 56.9 Å². The van der Waals surface area contributed by atoms with Crippen molar-refractivity contribution in [3.05, 3.63) is 59.5 Å². The van der Waals surface area contributed by atoms with Crippen molar-refractivity contribution in [1.29, 1.82) is 0 Å². The predicted molar refractivity (Wildman–Crippen MR) is 130 cm³/mol. The standard InChI is InChI=1S/C26H30F3N3O5/c1-16(2)23-17(15-32(31-23)22-11-8-18(14-30-22)26(27,28)29)7-6-12-36-21-13-19(9-10-20(21)35-5)37-25(3,4)24(33)34/h8-11,13-16H,6-7,12H2,1-5H3,(H,33,34). The number of hydrogen-bond donors (Lipinski definition) is 1. The van der Waals surface area contributed by atoms with Gasteiger partial charge in [-0.3, -0.25) is 0 Å². The molecule has 0 aliphatic rings. The molecule has 3 aromatic rings. The summed E-state index contributed by atoms with van der Waals surface area (Å²) in [6, 6.07) is 7.10. The Bertz CT molecular complexity index is 1220. The van der Waals surface area contributed by atoms with Crippen LogP contribution in [0.3, 0.4) is 0 Å². The Balaban J connectivity index is 1.69. The molecule has 0 saturated heterocycles. The zero-order valence-corrected chi connectivity index (χ0v) is 21.3. The SMILES string of the molecule is COc1ccc(OC(C)(C)C(=O)O)cc1OCCCc1cn(-c2ccc(C(F)(F)F)cn2)nc1C(C)C. The van der Waals surface area contributed by atoms with Gasteiger partial charge in [0.25, 0.3) is 0 Å². The summed E-state index contributed by atoms with van der Waals surface area (Å²) in [6.45, 7) is 7.20. The van der Waals surface area contributed by atoms with Crippen LogP contribution in [0, 0.1) is 0 Å². The first-order chi connectivity index (χ1) is 17.3. The van der Waals surface area contributed by atoms with Gasteiger partial charge < -0.3 is 19.3 Å². The van der Waals surface area contributed by atoms with Crippen LogP contribution in [-0.2, 0) is 17.4 Å². The minimum absolute atomic E-state index is 0.0955. The average molecular weight is 522 g/mol. The molecule has 1 aromatic carbocycles. The highest BCUT2D eigenvalue weighted by atomic mass is 19.4. The van der Waals surface area contributed by atoms with Gasteiger partial charge in [0.1, 0.15) is 5.75 Å². The highest BCUT2D eigenvalue weighted by molar-refractivity contribution is 5.76. The number of rotatable bonds is 11. The van der Waals surface area contributed by atoms with Gasteiger partial charge in [-0.25, -0.2) is 14.5 Å². The second-order valence-corrected chi connectivity index (χ2v) is 9.22. The Labute approximate surface area is 213 Å². The van der Waals surface area contributed by atoms with E-state index in [2.05, 4.69) is 10.1 Å². The van der Waals surface area contributed by atoms with Gasteiger partial charge in [-0.05, 0) is 62.4 Å². The number of halogens is 3. The molecule has 0 saturated carbocycles. The summed E-state index contributed by atoms with van der Waals surface area (Å²) in [5.41, 5.74) is -0.472.